The first-order valence-corrected chi connectivity index (χ1v) is 12.4. The Morgan fingerprint density at radius 3 is 2.67 bits per heavy atom. The zero-order valence-corrected chi connectivity index (χ0v) is 20.3. The van der Waals surface area contributed by atoms with Gasteiger partial charge in [0, 0.05) is 31.4 Å². The van der Waals surface area contributed by atoms with E-state index in [4.69, 9.17) is 13.6 Å². The molecule has 4 heterocycles. The molecule has 3 aliphatic rings. The zero-order chi connectivity index (χ0) is 25.1. The largest absolute Gasteiger partial charge is 0.519 e. The Kier molecular flexibility index (Phi) is 5.51. The number of likely N-dealkylation sites (tertiary alicyclic amines) is 1. The van der Waals surface area contributed by atoms with E-state index < -0.39 is 17.1 Å². The number of halogens is 1. The first-order chi connectivity index (χ1) is 17.4. The van der Waals surface area contributed by atoms with E-state index in [1.165, 1.54) is 13.2 Å². The highest BCUT2D eigenvalue weighted by atomic mass is 19.1. The van der Waals surface area contributed by atoms with Gasteiger partial charge in [-0.25, -0.2) is 9.18 Å². The molecule has 2 unspecified atom stereocenters. The highest BCUT2D eigenvalue weighted by Crippen LogP contribution is 2.45. The number of carbonyl (C=O) groups excluding carboxylic acids is 1. The minimum atomic E-state index is -0.702. The molecule has 0 N–H and O–H groups in total. The average Bonchev–Trinajstić information content (AvgIpc) is 3.53. The topological polar surface area (TPSA) is 98.1 Å². The second kappa shape index (κ2) is 8.62. The summed E-state index contributed by atoms with van der Waals surface area (Å²) < 4.78 is 33.7. The van der Waals surface area contributed by atoms with Crippen LogP contribution in [0.15, 0.2) is 30.7 Å². The van der Waals surface area contributed by atoms with E-state index in [0.717, 1.165) is 32.2 Å². The fourth-order valence-electron chi connectivity index (χ4n) is 6.03. The lowest BCUT2D eigenvalue weighted by molar-refractivity contribution is 0.108. The first-order valence-electron chi connectivity index (χ1n) is 12.4. The average molecular weight is 498 g/mol. The van der Waals surface area contributed by atoms with Gasteiger partial charge in [-0.3, -0.25) is 14.5 Å². The van der Waals surface area contributed by atoms with Crippen LogP contribution < -0.4 is 20.9 Å². The lowest BCUT2D eigenvalue weighted by Gasteiger charge is -2.36. The van der Waals surface area contributed by atoms with Crippen LogP contribution in [0.4, 0.5) is 10.1 Å². The van der Waals surface area contributed by atoms with Gasteiger partial charge in [0.05, 0.1) is 30.1 Å². The Balaban J connectivity index is 1.41. The number of hydrogen-bond acceptors (Lipinski definition) is 8. The van der Waals surface area contributed by atoms with Crippen LogP contribution in [0.3, 0.4) is 0 Å². The fourth-order valence-corrected chi connectivity index (χ4v) is 6.03. The molecular formula is C26H28FN3O6. The van der Waals surface area contributed by atoms with Crippen LogP contribution in [0.1, 0.15) is 53.6 Å². The molecule has 2 aliphatic heterocycles. The standard InChI is InChI=1S/C26H28FN3O6/c1-14-21(36-26(33)35-14)12-28-7-3-4-15-9-29(11-20(15)28)23-19(27)8-18-22(25(23)34-2)30(17-5-6-17)10-16(13-31)24(18)32/h8,10,13,15,17,20H,3-7,9,11-12H2,1-2H3. The van der Waals surface area contributed by atoms with Crippen molar-refractivity contribution in [1.29, 1.82) is 0 Å². The van der Waals surface area contributed by atoms with Gasteiger partial charge in [0.1, 0.15) is 11.4 Å². The Morgan fingerprint density at radius 2 is 2.00 bits per heavy atom. The monoisotopic (exact) mass is 497 g/mol. The number of anilines is 1. The Labute approximate surface area is 206 Å². The Morgan fingerprint density at radius 1 is 1.19 bits per heavy atom. The molecule has 2 saturated heterocycles. The highest BCUT2D eigenvalue weighted by molar-refractivity contribution is 5.94. The summed E-state index contributed by atoms with van der Waals surface area (Å²) in [6.07, 6.45) is 5.97. The number of rotatable bonds is 6. The molecule has 0 bridgehead atoms. The number of carbonyl (C=O) groups is 1. The minimum absolute atomic E-state index is 0.0210. The normalized spacial score (nSPS) is 22.2. The zero-order valence-electron chi connectivity index (χ0n) is 20.3. The van der Waals surface area contributed by atoms with Crippen LogP contribution >= 0.6 is 0 Å². The van der Waals surface area contributed by atoms with Gasteiger partial charge in [0.25, 0.3) is 0 Å². The highest BCUT2D eigenvalue weighted by Gasteiger charge is 2.42. The van der Waals surface area contributed by atoms with E-state index in [9.17, 15) is 14.4 Å². The summed E-state index contributed by atoms with van der Waals surface area (Å²) >= 11 is 0. The molecule has 9 nitrogen and oxygen atoms in total. The number of benzene rings is 1. The molecule has 10 heteroatoms. The summed E-state index contributed by atoms with van der Waals surface area (Å²) in [6.45, 7) is 4.24. The molecule has 2 aromatic heterocycles. The molecule has 2 atom stereocenters. The number of aryl methyl sites for hydroxylation is 1. The maximum Gasteiger partial charge on any atom is 0.519 e. The summed E-state index contributed by atoms with van der Waals surface area (Å²) in [4.78, 5) is 40.3. The predicted molar refractivity (Wildman–Crippen MR) is 129 cm³/mol. The van der Waals surface area contributed by atoms with E-state index in [1.807, 2.05) is 9.47 Å². The van der Waals surface area contributed by atoms with Gasteiger partial charge < -0.3 is 23.0 Å². The summed E-state index contributed by atoms with van der Waals surface area (Å²) in [7, 11) is 1.49. The summed E-state index contributed by atoms with van der Waals surface area (Å²) in [5, 5.41) is 0.160. The van der Waals surface area contributed by atoms with Gasteiger partial charge in [-0.05, 0) is 51.1 Å². The van der Waals surface area contributed by atoms with Crippen molar-refractivity contribution in [2.75, 3.05) is 31.6 Å². The maximum absolute atomic E-state index is 15.7. The fraction of sp³-hybridized carbons (Fsp3) is 0.500. The van der Waals surface area contributed by atoms with Crippen molar-refractivity contribution >= 4 is 22.9 Å². The summed E-state index contributed by atoms with van der Waals surface area (Å²) in [5.41, 5.74) is 0.416. The second-order valence-corrected chi connectivity index (χ2v) is 10.1. The Bertz CT molecular complexity index is 1470. The van der Waals surface area contributed by atoms with Gasteiger partial charge in [-0.2, -0.15) is 0 Å². The molecule has 3 fully saturated rings. The first kappa shape index (κ1) is 23.0. The van der Waals surface area contributed by atoms with E-state index in [2.05, 4.69) is 4.90 Å². The van der Waals surface area contributed by atoms with Crippen molar-refractivity contribution in [2.24, 2.45) is 5.92 Å². The van der Waals surface area contributed by atoms with Crippen molar-refractivity contribution in [2.45, 2.75) is 51.2 Å². The third kappa shape index (κ3) is 3.66. The molecular weight excluding hydrogens is 469 g/mol. The van der Waals surface area contributed by atoms with Gasteiger partial charge in [-0.15, -0.1) is 0 Å². The number of pyridine rings is 1. The SMILES string of the molecule is COc1c(N2CC3CCCN(Cc4oc(=O)oc4C)C3C2)c(F)cc2c(=O)c(C=O)cn(C3CC3)c12. The third-order valence-electron chi connectivity index (χ3n) is 7.89. The van der Waals surface area contributed by atoms with Crippen molar-refractivity contribution < 1.29 is 22.8 Å². The molecule has 1 saturated carbocycles. The number of aromatic nitrogens is 1. The molecule has 0 amide bonds. The molecule has 1 aromatic carbocycles. The van der Waals surface area contributed by atoms with E-state index >= 15 is 4.39 Å². The van der Waals surface area contributed by atoms with E-state index in [0.29, 0.717) is 60.3 Å². The van der Waals surface area contributed by atoms with Crippen LogP contribution in [-0.4, -0.2) is 48.5 Å². The minimum Gasteiger partial charge on any atom is -0.492 e. The molecule has 0 radical (unpaired) electrons. The number of hydrogen-bond donors (Lipinski definition) is 0. The van der Waals surface area contributed by atoms with Crippen molar-refractivity contribution in [1.82, 2.24) is 9.47 Å². The number of piperidine rings is 1. The van der Waals surface area contributed by atoms with Crippen LogP contribution in [-0.2, 0) is 6.54 Å². The van der Waals surface area contributed by atoms with Gasteiger partial charge in [0.2, 0.25) is 0 Å². The number of nitrogens with zero attached hydrogens (tertiary/aromatic N) is 3. The molecule has 0 spiro atoms. The van der Waals surface area contributed by atoms with Gasteiger partial charge in [-0.1, -0.05) is 0 Å². The van der Waals surface area contributed by atoms with E-state index in [-0.39, 0.29) is 23.0 Å². The molecule has 190 valence electrons. The van der Waals surface area contributed by atoms with Crippen LogP contribution in [0, 0.1) is 18.7 Å². The lowest BCUT2D eigenvalue weighted by Crippen LogP contribution is -2.44. The molecule has 36 heavy (non-hydrogen) atoms. The van der Waals surface area contributed by atoms with Gasteiger partial charge in [0.15, 0.2) is 29.0 Å². The van der Waals surface area contributed by atoms with E-state index in [1.54, 1.807) is 13.1 Å². The van der Waals surface area contributed by atoms with Crippen LogP contribution in [0.25, 0.3) is 10.9 Å². The third-order valence-corrected chi connectivity index (χ3v) is 7.89. The Hall–Kier alpha value is -3.40. The summed E-state index contributed by atoms with van der Waals surface area (Å²) in [5.74, 6) is 0.393. The van der Waals surface area contributed by atoms with Crippen molar-refractivity contribution in [3.63, 3.8) is 0 Å². The quantitative estimate of drug-likeness (QED) is 0.479. The number of ether oxygens (including phenoxy) is 1. The smallest absolute Gasteiger partial charge is 0.492 e. The predicted octanol–water partition coefficient (Wildman–Crippen LogP) is 3.25. The molecule has 1 aliphatic carbocycles. The van der Waals surface area contributed by atoms with Gasteiger partial charge >= 0.3 is 5.82 Å². The molecule has 6 rings (SSSR count). The number of aldehydes is 1. The molecule has 3 aromatic rings. The van der Waals surface area contributed by atoms with Crippen molar-refractivity contribution in [3.8, 4) is 5.75 Å². The summed E-state index contributed by atoms with van der Waals surface area (Å²) in [6, 6.07) is 1.55. The number of fused-ring (bicyclic) bond motifs is 2. The lowest BCUT2D eigenvalue weighted by atomic mass is 9.92. The number of methoxy groups -OCH3 is 1. The van der Waals surface area contributed by atoms with Crippen LogP contribution in [0.5, 0.6) is 5.75 Å². The van der Waals surface area contributed by atoms with Crippen LogP contribution in [0.2, 0.25) is 0 Å². The maximum atomic E-state index is 15.7. The van der Waals surface area contributed by atoms with Crippen molar-refractivity contribution in [3.05, 3.63) is 56.0 Å². The second-order valence-electron chi connectivity index (χ2n) is 10.1.